The van der Waals surface area contributed by atoms with Crippen molar-refractivity contribution in [3.05, 3.63) is 29.0 Å². The summed E-state index contributed by atoms with van der Waals surface area (Å²) < 4.78 is 19.1. The quantitative estimate of drug-likeness (QED) is 0.742. The maximum atomic E-state index is 13.6. The van der Waals surface area contributed by atoms with E-state index in [2.05, 4.69) is 10.6 Å². The Bertz CT molecular complexity index is 744. The molecule has 2 amide bonds. The van der Waals surface area contributed by atoms with Gasteiger partial charge in [-0.25, -0.2) is 9.18 Å². The predicted molar refractivity (Wildman–Crippen MR) is 111 cm³/mol. The molecule has 2 fully saturated rings. The zero-order chi connectivity index (χ0) is 21.2. The summed E-state index contributed by atoms with van der Waals surface area (Å²) in [7, 11) is 0. The number of halogens is 2. The second kappa shape index (κ2) is 8.78. The third-order valence-electron chi connectivity index (χ3n) is 4.98. The van der Waals surface area contributed by atoms with Gasteiger partial charge in [0, 0.05) is 29.8 Å². The van der Waals surface area contributed by atoms with Crippen molar-refractivity contribution < 1.29 is 18.7 Å². The smallest absolute Gasteiger partial charge is 0.410 e. The number of piperidine rings is 1. The molecule has 2 atom stereocenters. The Kier molecular flexibility index (Phi) is 6.56. The first kappa shape index (κ1) is 21.7. The third-order valence-corrected chi connectivity index (χ3v) is 5.20. The minimum Gasteiger partial charge on any atom is -0.444 e. The molecule has 6 nitrogen and oxygen atoms in total. The summed E-state index contributed by atoms with van der Waals surface area (Å²) in [6.45, 7) is 6.53. The molecule has 0 spiro atoms. The molecule has 0 aromatic heterocycles. The van der Waals surface area contributed by atoms with Crippen LogP contribution in [-0.4, -0.2) is 47.7 Å². The number of carbonyl (C=O) groups excluding carboxylic acids is 2. The SMILES string of the molecule is CC(C)(C)OC(=O)N1CCCC(NC(=O)C(Nc2cc(F)cc(Cl)c2)C2CC2)C1. The number of likely N-dealkylation sites (tertiary alicyclic amines) is 1. The Morgan fingerprint density at radius 2 is 1.97 bits per heavy atom. The standard InChI is InChI=1S/C21H29ClFN3O3/c1-21(2,3)29-20(28)26-8-4-5-16(12-26)25-19(27)18(13-6-7-13)24-17-10-14(22)9-15(23)11-17/h9-11,13,16,18,24H,4-8,12H2,1-3H3,(H,25,27). The van der Waals surface area contributed by atoms with Crippen LogP contribution in [-0.2, 0) is 9.53 Å². The first-order chi connectivity index (χ1) is 13.6. The number of ether oxygens (including phenoxy) is 1. The van der Waals surface area contributed by atoms with Crippen molar-refractivity contribution in [3.8, 4) is 0 Å². The lowest BCUT2D eigenvalue weighted by atomic mass is 10.0. The highest BCUT2D eigenvalue weighted by Crippen LogP contribution is 2.35. The highest BCUT2D eigenvalue weighted by molar-refractivity contribution is 6.30. The molecule has 2 unspecified atom stereocenters. The normalized spacial score (nSPS) is 20.7. The summed E-state index contributed by atoms with van der Waals surface area (Å²) in [6, 6.07) is 3.58. The molecule has 1 aromatic carbocycles. The van der Waals surface area contributed by atoms with Gasteiger partial charge in [0.15, 0.2) is 0 Å². The lowest BCUT2D eigenvalue weighted by Crippen LogP contribution is -2.53. The first-order valence-corrected chi connectivity index (χ1v) is 10.5. The summed E-state index contributed by atoms with van der Waals surface area (Å²) >= 11 is 5.93. The van der Waals surface area contributed by atoms with Crippen LogP contribution in [0.3, 0.4) is 0 Å². The van der Waals surface area contributed by atoms with Gasteiger partial charge in [-0.05, 0) is 70.6 Å². The van der Waals surface area contributed by atoms with E-state index in [1.54, 1.807) is 11.0 Å². The van der Waals surface area contributed by atoms with Gasteiger partial charge in [-0.15, -0.1) is 0 Å². The summed E-state index contributed by atoms with van der Waals surface area (Å²) in [5.41, 5.74) is -0.0680. The van der Waals surface area contributed by atoms with Gasteiger partial charge in [0.2, 0.25) is 5.91 Å². The molecule has 1 aromatic rings. The second-order valence-electron chi connectivity index (χ2n) is 8.89. The first-order valence-electron chi connectivity index (χ1n) is 10.1. The molecule has 2 aliphatic rings. The summed E-state index contributed by atoms with van der Waals surface area (Å²) in [5, 5.41) is 6.48. The highest BCUT2D eigenvalue weighted by atomic mass is 35.5. The van der Waals surface area contributed by atoms with Gasteiger partial charge in [-0.3, -0.25) is 4.79 Å². The van der Waals surface area contributed by atoms with E-state index < -0.39 is 17.5 Å². The number of hydrogen-bond donors (Lipinski definition) is 2. The van der Waals surface area contributed by atoms with Crippen molar-refractivity contribution in [2.24, 2.45) is 5.92 Å². The zero-order valence-electron chi connectivity index (χ0n) is 17.1. The van der Waals surface area contributed by atoms with Gasteiger partial charge in [0.25, 0.3) is 0 Å². The van der Waals surface area contributed by atoms with Crippen LogP contribution in [0, 0.1) is 11.7 Å². The number of hydrogen-bond acceptors (Lipinski definition) is 4. The number of nitrogens with one attached hydrogen (secondary N) is 2. The topological polar surface area (TPSA) is 70.7 Å². The molecule has 1 saturated heterocycles. The van der Waals surface area contributed by atoms with Gasteiger partial charge in [0.05, 0.1) is 0 Å². The van der Waals surface area contributed by atoms with E-state index in [1.807, 2.05) is 20.8 Å². The summed E-state index contributed by atoms with van der Waals surface area (Å²) in [6.07, 6.45) is 3.13. The van der Waals surface area contributed by atoms with Crippen molar-refractivity contribution in [1.82, 2.24) is 10.2 Å². The molecule has 1 aliphatic carbocycles. The van der Waals surface area contributed by atoms with E-state index in [-0.39, 0.29) is 29.0 Å². The van der Waals surface area contributed by atoms with Gasteiger partial charge in [-0.1, -0.05) is 11.6 Å². The Morgan fingerprint density at radius 1 is 1.24 bits per heavy atom. The van der Waals surface area contributed by atoms with Crippen molar-refractivity contribution in [2.45, 2.75) is 64.1 Å². The van der Waals surface area contributed by atoms with Crippen LogP contribution >= 0.6 is 11.6 Å². The van der Waals surface area contributed by atoms with Crippen LogP contribution in [0.15, 0.2) is 18.2 Å². The lowest BCUT2D eigenvalue weighted by Gasteiger charge is -2.35. The van der Waals surface area contributed by atoms with E-state index in [9.17, 15) is 14.0 Å². The average molecular weight is 426 g/mol. The number of anilines is 1. The average Bonchev–Trinajstić information content (AvgIpc) is 3.42. The number of benzene rings is 1. The number of nitrogens with zero attached hydrogens (tertiary/aromatic N) is 1. The van der Waals surface area contributed by atoms with Crippen LogP contribution in [0.5, 0.6) is 0 Å². The van der Waals surface area contributed by atoms with E-state index in [4.69, 9.17) is 16.3 Å². The molecule has 160 valence electrons. The molecule has 1 aliphatic heterocycles. The molecular weight excluding hydrogens is 397 g/mol. The van der Waals surface area contributed by atoms with Crippen LogP contribution < -0.4 is 10.6 Å². The van der Waals surface area contributed by atoms with Crippen molar-refractivity contribution in [1.29, 1.82) is 0 Å². The maximum Gasteiger partial charge on any atom is 0.410 e. The zero-order valence-corrected chi connectivity index (χ0v) is 17.9. The number of amides is 2. The van der Waals surface area contributed by atoms with Crippen molar-refractivity contribution >= 4 is 29.3 Å². The molecule has 3 rings (SSSR count). The van der Waals surface area contributed by atoms with Crippen LogP contribution in [0.4, 0.5) is 14.9 Å². The Labute approximate surface area is 176 Å². The molecule has 2 N–H and O–H groups in total. The maximum absolute atomic E-state index is 13.6. The minimum absolute atomic E-state index is 0.135. The molecule has 8 heteroatoms. The molecule has 0 radical (unpaired) electrons. The molecule has 29 heavy (non-hydrogen) atoms. The summed E-state index contributed by atoms with van der Waals surface area (Å²) in [5.74, 6) is -0.373. The van der Waals surface area contributed by atoms with Crippen molar-refractivity contribution in [3.63, 3.8) is 0 Å². The lowest BCUT2D eigenvalue weighted by molar-refractivity contribution is -0.123. The Morgan fingerprint density at radius 3 is 2.59 bits per heavy atom. The fourth-order valence-corrected chi connectivity index (χ4v) is 3.74. The molecule has 1 saturated carbocycles. The van der Waals surface area contributed by atoms with Gasteiger partial charge >= 0.3 is 6.09 Å². The van der Waals surface area contributed by atoms with Gasteiger partial charge in [0.1, 0.15) is 17.5 Å². The van der Waals surface area contributed by atoms with E-state index in [0.29, 0.717) is 18.8 Å². The predicted octanol–water partition coefficient (Wildman–Crippen LogP) is 4.19. The van der Waals surface area contributed by atoms with Crippen LogP contribution in [0.1, 0.15) is 46.5 Å². The summed E-state index contributed by atoms with van der Waals surface area (Å²) in [4.78, 5) is 26.9. The largest absolute Gasteiger partial charge is 0.444 e. The minimum atomic E-state index is -0.555. The van der Waals surface area contributed by atoms with Crippen LogP contribution in [0.2, 0.25) is 5.02 Å². The molecule has 1 heterocycles. The third kappa shape index (κ3) is 6.49. The molecule has 0 bridgehead atoms. The van der Waals surface area contributed by atoms with E-state index in [0.717, 1.165) is 25.7 Å². The van der Waals surface area contributed by atoms with Gasteiger partial charge in [-0.2, -0.15) is 0 Å². The van der Waals surface area contributed by atoms with Gasteiger partial charge < -0.3 is 20.3 Å². The second-order valence-corrected chi connectivity index (χ2v) is 9.33. The molecular formula is C21H29ClFN3O3. The van der Waals surface area contributed by atoms with E-state index in [1.165, 1.54) is 12.1 Å². The van der Waals surface area contributed by atoms with Crippen LogP contribution in [0.25, 0.3) is 0 Å². The Hall–Kier alpha value is -2.02. The fraction of sp³-hybridized carbons (Fsp3) is 0.619. The monoisotopic (exact) mass is 425 g/mol. The van der Waals surface area contributed by atoms with Crippen molar-refractivity contribution in [2.75, 3.05) is 18.4 Å². The fourth-order valence-electron chi connectivity index (χ4n) is 3.52. The number of rotatable bonds is 5. The Balaban J connectivity index is 1.60. The van der Waals surface area contributed by atoms with E-state index >= 15 is 0 Å². The highest BCUT2D eigenvalue weighted by Gasteiger charge is 2.38. The number of carbonyl (C=O) groups is 2.